The normalized spacial score (nSPS) is 12.2. The van der Waals surface area contributed by atoms with Gasteiger partial charge in [0.05, 0.1) is 6.61 Å². The number of carbonyl (C=O) groups is 1. The topological polar surface area (TPSA) is 26.3 Å². The molecule has 3 heteroatoms. The summed E-state index contributed by atoms with van der Waals surface area (Å²) in [4.78, 5) is 11.1. The van der Waals surface area contributed by atoms with E-state index in [1.54, 1.807) is 6.92 Å². The lowest BCUT2D eigenvalue weighted by atomic mass is 9.96. The van der Waals surface area contributed by atoms with Gasteiger partial charge in [-0.25, -0.2) is 0 Å². The molecule has 0 heterocycles. The van der Waals surface area contributed by atoms with Crippen LogP contribution in [0.15, 0.2) is 18.2 Å². The van der Waals surface area contributed by atoms with Gasteiger partial charge in [-0.15, -0.1) is 0 Å². The first kappa shape index (κ1) is 15.0. The molecule has 0 amide bonds. The van der Waals surface area contributed by atoms with Crippen molar-refractivity contribution in [1.82, 2.24) is 0 Å². The van der Waals surface area contributed by atoms with Crippen molar-refractivity contribution < 1.29 is 9.53 Å². The van der Waals surface area contributed by atoms with Gasteiger partial charge in [-0.3, -0.25) is 0 Å². The van der Waals surface area contributed by atoms with Gasteiger partial charge in [-0.05, 0) is 49.4 Å². The largest absolute Gasteiger partial charge is 0.493 e. The fourth-order valence-electron chi connectivity index (χ4n) is 2.00. The molecule has 0 N–H and O–H groups in total. The zero-order valence-electron chi connectivity index (χ0n) is 11.3. The van der Waals surface area contributed by atoms with Crippen molar-refractivity contribution >= 4 is 17.4 Å². The molecule has 18 heavy (non-hydrogen) atoms. The number of ketones is 1. The van der Waals surface area contributed by atoms with E-state index in [9.17, 15) is 4.79 Å². The molecule has 1 unspecified atom stereocenters. The summed E-state index contributed by atoms with van der Waals surface area (Å²) in [6.07, 6.45) is 2.39. The molecule has 0 spiro atoms. The van der Waals surface area contributed by atoms with E-state index < -0.39 is 0 Å². The van der Waals surface area contributed by atoms with Crippen molar-refractivity contribution in [2.24, 2.45) is 5.92 Å². The van der Waals surface area contributed by atoms with E-state index in [1.807, 2.05) is 18.2 Å². The Labute approximate surface area is 114 Å². The Balaban J connectivity index is 2.77. The maximum absolute atomic E-state index is 11.1. The van der Waals surface area contributed by atoms with Crippen molar-refractivity contribution in [3.05, 3.63) is 28.8 Å². The first-order valence-corrected chi connectivity index (χ1v) is 6.81. The molecule has 0 radical (unpaired) electrons. The molecular weight excluding hydrogens is 248 g/mol. The molecule has 1 rings (SSSR count). The molecular formula is C15H21ClO2. The molecule has 0 bridgehead atoms. The van der Waals surface area contributed by atoms with Crippen LogP contribution in [0.2, 0.25) is 5.02 Å². The van der Waals surface area contributed by atoms with Gasteiger partial charge in [0.1, 0.15) is 11.5 Å². The zero-order valence-corrected chi connectivity index (χ0v) is 12.1. The van der Waals surface area contributed by atoms with Crippen LogP contribution < -0.4 is 4.74 Å². The molecule has 1 aromatic rings. The lowest BCUT2D eigenvalue weighted by molar-refractivity contribution is -0.117. The van der Waals surface area contributed by atoms with Gasteiger partial charge in [0.15, 0.2) is 0 Å². The first-order valence-electron chi connectivity index (χ1n) is 6.43. The molecule has 1 atom stereocenters. The summed E-state index contributed by atoms with van der Waals surface area (Å²) in [6, 6.07) is 5.68. The Morgan fingerprint density at radius 2 is 2.17 bits per heavy atom. The van der Waals surface area contributed by atoms with E-state index in [2.05, 4.69) is 13.8 Å². The maximum atomic E-state index is 11.1. The second-order valence-corrected chi connectivity index (χ2v) is 5.25. The van der Waals surface area contributed by atoms with Crippen LogP contribution in [0.1, 0.15) is 39.2 Å². The smallest absolute Gasteiger partial charge is 0.130 e. The predicted molar refractivity (Wildman–Crippen MR) is 75.4 cm³/mol. The van der Waals surface area contributed by atoms with E-state index in [1.165, 1.54) is 0 Å². The van der Waals surface area contributed by atoms with Crippen LogP contribution in [-0.2, 0) is 11.2 Å². The second-order valence-electron chi connectivity index (χ2n) is 4.82. The van der Waals surface area contributed by atoms with Gasteiger partial charge in [-0.1, -0.05) is 25.4 Å². The highest BCUT2D eigenvalue weighted by Gasteiger charge is 2.11. The molecule has 0 saturated carbocycles. The van der Waals surface area contributed by atoms with Gasteiger partial charge in [-0.2, -0.15) is 0 Å². The molecule has 100 valence electrons. The number of hydrogen-bond donors (Lipinski definition) is 0. The summed E-state index contributed by atoms with van der Waals surface area (Å²) in [5.41, 5.74) is 1.09. The Morgan fingerprint density at radius 1 is 1.44 bits per heavy atom. The van der Waals surface area contributed by atoms with E-state index in [0.717, 1.165) is 24.2 Å². The molecule has 0 aromatic heterocycles. The van der Waals surface area contributed by atoms with E-state index in [-0.39, 0.29) is 5.78 Å². The number of rotatable bonds is 7. The van der Waals surface area contributed by atoms with Gasteiger partial charge >= 0.3 is 0 Å². The van der Waals surface area contributed by atoms with Gasteiger partial charge in [0.2, 0.25) is 0 Å². The molecule has 0 aliphatic carbocycles. The number of Topliss-reactive ketones (excluding diaryl/α,β-unsaturated/α-hetero) is 1. The lowest BCUT2D eigenvalue weighted by Gasteiger charge is -2.14. The van der Waals surface area contributed by atoms with Gasteiger partial charge in [0, 0.05) is 11.4 Å². The summed E-state index contributed by atoms with van der Waals surface area (Å²) in [7, 11) is 0. The molecule has 0 aliphatic heterocycles. The van der Waals surface area contributed by atoms with Crippen LogP contribution in [0.25, 0.3) is 0 Å². The minimum Gasteiger partial charge on any atom is -0.493 e. The average Bonchev–Trinajstić information content (AvgIpc) is 2.26. The summed E-state index contributed by atoms with van der Waals surface area (Å²) in [6.45, 7) is 6.48. The third kappa shape index (κ3) is 5.09. The monoisotopic (exact) mass is 268 g/mol. The molecule has 2 nitrogen and oxygen atoms in total. The van der Waals surface area contributed by atoms with Gasteiger partial charge < -0.3 is 9.53 Å². The van der Waals surface area contributed by atoms with Crippen molar-refractivity contribution in [2.45, 2.75) is 40.0 Å². The fraction of sp³-hybridized carbons (Fsp3) is 0.533. The standard InChI is InChI=1S/C15H21ClO2/c1-4-7-18-15-6-5-14(16)10-13(15)9-11(2)8-12(3)17/h5-6,10-11H,4,7-9H2,1-3H3. The molecule has 0 saturated heterocycles. The average molecular weight is 269 g/mol. The highest BCUT2D eigenvalue weighted by molar-refractivity contribution is 6.30. The quantitative estimate of drug-likeness (QED) is 0.737. The number of ether oxygens (including phenoxy) is 1. The summed E-state index contributed by atoms with van der Waals surface area (Å²) < 4.78 is 5.70. The number of benzene rings is 1. The van der Waals surface area contributed by atoms with Crippen LogP contribution in [0.3, 0.4) is 0 Å². The van der Waals surface area contributed by atoms with Crippen LogP contribution in [0, 0.1) is 5.92 Å². The van der Waals surface area contributed by atoms with Crippen LogP contribution in [-0.4, -0.2) is 12.4 Å². The van der Waals surface area contributed by atoms with Crippen molar-refractivity contribution in [1.29, 1.82) is 0 Å². The number of carbonyl (C=O) groups excluding carboxylic acids is 1. The zero-order chi connectivity index (χ0) is 13.5. The Bertz CT molecular complexity index is 401. The van der Waals surface area contributed by atoms with Crippen molar-refractivity contribution in [2.75, 3.05) is 6.61 Å². The molecule has 0 aliphatic rings. The predicted octanol–water partition coefficient (Wildman–Crippen LogP) is 4.29. The second kappa shape index (κ2) is 7.42. The number of halogens is 1. The summed E-state index contributed by atoms with van der Waals surface area (Å²) in [5.74, 6) is 1.42. The Kier molecular flexibility index (Phi) is 6.20. The first-order chi connectivity index (χ1) is 8.52. The molecule has 0 fully saturated rings. The summed E-state index contributed by atoms with van der Waals surface area (Å²) in [5, 5.41) is 0.712. The Morgan fingerprint density at radius 3 is 2.78 bits per heavy atom. The lowest BCUT2D eigenvalue weighted by Crippen LogP contribution is -2.07. The minimum absolute atomic E-state index is 0.223. The van der Waals surface area contributed by atoms with Crippen molar-refractivity contribution in [3.8, 4) is 5.75 Å². The fourth-order valence-corrected chi connectivity index (χ4v) is 2.19. The highest BCUT2D eigenvalue weighted by Crippen LogP contribution is 2.26. The van der Waals surface area contributed by atoms with Crippen molar-refractivity contribution in [3.63, 3.8) is 0 Å². The molecule has 1 aromatic carbocycles. The third-order valence-electron chi connectivity index (χ3n) is 2.69. The van der Waals surface area contributed by atoms with Crippen LogP contribution >= 0.6 is 11.6 Å². The van der Waals surface area contributed by atoms with Crippen LogP contribution in [0.4, 0.5) is 0 Å². The van der Waals surface area contributed by atoms with E-state index >= 15 is 0 Å². The van der Waals surface area contributed by atoms with E-state index in [0.29, 0.717) is 24.0 Å². The Hall–Kier alpha value is -1.02. The third-order valence-corrected chi connectivity index (χ3v) is 2.92. The maximum Gasteiger partial charge on any atom is 0.130 e. The highest BCUT2D eigenvalue weighted by atomic mass is 35.5. The van der Waals surface area contributed by atoms with Crippen LogP contribution in [0.5, 0.6) is 5.75 Å². The summed E-state index contributed by atoms with van der Waals surface area (Å²) >= 11 is 6.02. The van der Waals surface area contributed by atoms with E-state index in [4.69, 9.17) is 16.3 Å². The number of hydrogen-bond acceptors (Lipinski definition) is 2. The SMILES string of the molecule is CCCOc1ccc(Cl)cc1CC(C)CC(C)=O. The minimum atomic E-state index is 0.223. The van der Waals surface area contributed by atoms with Gasteiger partial charge in [0.25, 0.3) is 0 Å².